The summed E-state index contributed by atoms with van der Waals surface area (Å²) in [7, 11) is 0. The Morgan fingerprint density at radius 3 is 1.89 bits per heavy atom. The summed E-state index contributed by atoms with van der Waals surface area (Å²) < 4.78 is 0. The molecule has 0 radical (unpaired) electrons. The van der Waals surface area contributed by atoms with Crippen molar-refractivity contribution in [2.45, 2.75) is 6.92 Å². The van der Waals surface area contributed by atoms with Crippen LogP contribution in [0.15, 0.2) is 0 Å². The monoisotopic (exact) mass is 162 g/mol. The molecule has 9 heavy (non-hydrogen) atoms. The van der Waals surface area contributed by atoms with Gasteiger partial charge in [0.05, 0.1) is 0 Å². The number of aliphatic carboxylic acids is 1. The standard InChI is InChI=1S/C2H3ClO2.C2H5O.Na/c3-1-2(4)5;1-2-3;/h1H2,(H,4,5);2H2,1H3;/q;-1;+1. The molecule has 50 valence electrons. The number of carbonyl (C=O) groups is 1. The molecule has 3 nitrogen and oxygen atoms in total. The van der Waals surface area contributed by atoms with Crippen LogP contribution in [0.5, 0.6) is 0 Å². The minimum absolute atomic E-state index is 0. The van der Waals surface area contributed by atoms with Crippen molar-refractivity contribution in [3.63, 3.8) is 0 Å². The van der Waals surface area contributed by atoms with E-state index >= 15 is 0 Å². The summed E-state index contributed by atoms with van der Waals surface area (Å²) in [6.07, 6.45) is 0. The van der Waals surface area contributed by atoms with Crippen LogP contribution in [0.4, 0.5) is 0 Å². The van der Waals surface area contributed by atoms with Crippen molar-refractivity contribution in [2.75, 3.05) is 12.5 Å². The molecule has 0 aromatic rings. The van der Waals surface area contributed by atoms with E-state index < -0.39 is 5.97 Å². The molecule has 0 aliphatic heterocycles. The largest absolute Gasteiger partial charge is 1.00 e. The number of carboxylic acid groups (broad SMARTS) is 1. The Bertz CT molecular complexity index is 59.8. The third kappa shape index (κ3) is 53.2. The summed E-state index contributed by atoms with van der Waals surface area (Å²) in [6, 6.07) is 0. The van der Waals surface area contributed by atoms with Gasteiger partial charge in [0.15, 0.2) is 0 Å². The first-order valence-corrected chi connectivity index (χ1v) is 2.58. The fourth-order valence-electron chi connectivity index (χ4n) is 0. The van der Waals surface area contributed by atoms with Crippen molar-refractivity contribution in [1.82, 2.24) is 0 Å². The predicted octanol–water partition coefficient (Wildman–Crippen LogP) is -3.32. The zero-order valence-electron chi connectivity index (χ0n) is 5.56. The number of carboxylic acids is 1. The van der Waals surface area contributed by atoms with Crippen LogP contribution in [0.3, 0.4) is 0 Å². The molecule has 0 bridgehead atoms. The van der Waals surface area contributed by atoms with Gasteiger partial charge in [-0.15, -0.1) is 18.2 Å². The second-order valence-corrected chi connectivity index (χ2v) is 1.08. The van der Waals surface area contributed by atoms with Crippen molar-refractivity contribution < 1.29 is 44.6 Å². The normalized spacial score (nSPS) is 6.11. The van der Waals surface area contributed by atoms with E-state index in [2.05, 4.69) is 0 Å². The van der Waals surface area contributed by atoms with Crippen molar-refractivity contribution >= 4 is 17.6 Å². The zero-order chi connectivity index (χ0) is 6.99. The van der Waals surface area contributed by atoms with E-state index in [0.29, 0.717) is 0 Å². The number of alkyl halides is 1. The predicted molar refractivity (Wildman–Crippen MR) is 28.9 cm³/mol. The molecule has 5 heteroatoms. The summed E-state index contributed by atoms with van der Waals surface area (Å²) in [5.74, 6) is -1.29. The quantitative estimate of drug-likeness (QED) is 0.324. The third-order valence-corrected chi connectivity index (χ3v) is 0.343. The molecular formula is C4H8ClNaO3. The minimum atomic E-state index is -0.980. The van der Waals surface area contributed by atoms with E-state index in [1.165, 1.54) is 0 Å². The molecule has 0 rings (SSSR count). The fraction of sp³-hybridized carbons (Fsp3) is 0.750. The summed E-state index contributed by atoms with van der Waals surface area (Å²) in [4.78, 5) is 9.24. The minimum Gasteiger partial charge on any atom is -0.855 e. The summed E-state index contributed by atoms with van der Waals surface area (Å²) >= 11 is 4.74. The Hall–Kier alpha value is 0.720. The fourth-order valence-corrected chi connectivity index (χ4v) is 0. The molecule has 0 fully saturated rings. The van der Waals surface area contributed by atoms with Crippen LogP contribution in [0.1, 0.15) is 6.92 Å². The number of hydrogen-bond acceptors (Lipinski definition) is 2. The van der Waals surface area contributed by atoms with Gasteiger partial charge in [0.1, 0.15) is 5.88 Å². The Kier molecular flexibility index (Phi) is 28.9. The Balaban J connectivity index is -0.0000000800. The number of halogens is 1. The van der Waals surface area contributed by atoms with Crippen LogP contribution in [0.25, 0.3) is 0 Å². The van der Waals surface area contributed by atoms with Crippen molar-refractivity contribution in [3.05, 3.63) is 0 Å². The van der Waals surface area contributed by atoms with Crippen LogP contribution in [-0.4, -0.2) is 23.6 Å². The molecule has 0 spiro atoms. The van der Waals surface area contributed by atoms with Crippen LogP contribution in [-0.2, 0) is 4.79 Å². The summed E-state index contributed by atoms with van der Waals surface area (Å²) in [6.45, 7) is 1.57. The van der Waals surface area contributed by atoms with Gasteiger partial charge in [-0.2, -0.15) is 0 Å². The maximum atomic E-state index is 9.24. The Labute approximate surface area is 81.3 Å². The van der Waals surface area contributed by atoms with E-state index in [-0.39, 0.29) is 42.0 Å². The smallest absolute Gasteiger partial charge is 0.855 e. The van der Waals surface area contributed by atoms with Gasteiger partial charge in [-0.1, -0.05) is 6.92 Å². The molecule has 0 unspecified atom stereocenters. The molecule has 1 N–H and O–H groups in total. The first kappa shape index (κ1) is 16.4. The second-order valence-electron chi connectivity index (χ2n) is 0.816. The van der Waals surface area contributed by atoms with Crippen LogP contribution >= 0.6 is 11.6 Å². The molecule has 0 aliphatic rings. The van der Waals surface area contributed by atoms with E-state index in [9.17, 15) is 4.79 Å². The van der Waals surface area contributed by atoms with Crippen LogP contribution in [0.2, 0.25) is 0 Å². The maximum absolute atomic E-state index is 9.24. The van der Waals surface area contributed by atoms with Gasteiger partial charge >= 0.3 is 35.5 Å². The topological polar surface area (TPSA) is 60.4 Å². The third-order valence-electron chi connectivity index (χ3n) is 0.114. The average Bonchev–Trinajstić information content (AvgIpc) is 1.69. The van der Waals surface area contributed by atoms with Crippen LogP contribution < -0.4 is 34.7 Å². The SMILES string of the molecule is CC[O-].O=C(O)CCl.[Na+]. The molecule has 0 amide bonds. The van der Waals surface area contributed by atoms with Gasteiger partial charge in [0.2, 0.25) is 0 Å². The first-order chi connectivity index (χ1) is 3.68. The Morgan fingerprint density at radius 1 is 1.78 bits per heavy atom. The van der Waals surface area contributed by atoms with Gasteiger partial charge in [0, 0.05) is 0 Å². The molecule has 0 saturated heterocycles. The van der Waals surface area contributed by atoms with Gasteiger partial charge in [0.25, 0.3) is 0 Å². The van der Waals surface area contributed by atoms with Crippen molar-refractivity contribution in [3.8, 4) is 0 Å². The van der Waals surface area contributed by atoms with E-state index in [1.807, 2.05) is 0 Å². The first-order valence-electron chi connectivity index (χ1n) is 2.04. The molecule has 0 aromatic carbocycles. The Morgan fingerprint density at radius 2 is 1.89 bits per heavy atom. The summed E-state index contributed by atoms with van der Waals surface area (Å²) in [5, 5.41) is 16.5. The summed E-state index contributed by atoms with van der Waals surface area (Å²) in [5.41, 5.74) is 0. The molecule has 0 aromatic heterocycles. The second kappa shape index (κ2) is 15.9. The molecular weight excluding hydrogens is 154 g/mol. The van der Waals surface area contributed by atoms with Crippen molar-refractivity contribution in [2.24, 2.45) is 0 Å². The van der Waals surface area contributed by atoms with Gasteiger partial charge in [-0.3, -0.25) is 4.79 Å². The zero-order valence-corrected chi connectivity index (χ0v) is 8.31. The van der Waals surface area contributed by atoms with E-state index in [1.54, 1.807) is 6.92 Å². The van der Waals surface area contributed by atoms with Crippen molar-refractivity contribution in [1.29, 1.82) is 0 Å². The molecule has 0 atom stereocenters. The molecule has 0 saturated carbocycles. The van der Waals surface area contributed by atoms with Gasteiger partial charge in [-0.25, -0.2) is 0 Å². The number of rotatable bonds is 1. The average molecular weight is 163 g/mol. The van der Waals surface area contributed by atoms with Gasteiger partial charge < -0.3 is 10.2 Å². The van der Waals surface area contributed by atoms with Crippen LogP contribution in [0, 0.1) is 0 Å². The maximum Gasteiger partial charge on any atom is 1.00 e. The molecule has 0 aliphatic carbocycles. The number of hydrogen-bond donors (Lipinski definition) is 1. The van der Waals surface area contributed by atoms with E-state index in [4.69, 9.17) is 21.8 Å². The van der Waals surface area contributed by atoms with Gasteiger partial charge in [-0.05, 0) is 0 Å². The molecule has 0 heterocycles. The van der Waals surface area contributed by atoms with E-state index in [0.717, 1.165) is 0 Å².